The number of nitrogens with one attached hydrogen (secondary N) is 1. The number of carbonyl (C=O) groups is 1. The molecule has 1 aromatic heterocycles. The topological polar surface area (TPSA) is 60.0 Å². The minimum Gasteiger partial charge on any atom is -0.347 e. The number of carbonyl (C=O) groups excluding carboxylic acids is 1. The number of rotatable bonds is 3. The van der Waals surface area contributed by atoms with Crippen molar-refractivity contribution in [2.45, 2.75) is 13.0 Å². The Kier molecular flexibility index (Phi) is 2.87. The van der Waals surface area contributed by atoms with E-state index in [0.29, 0.717) is 13.0 Å². The average Bonchev–Trinajstić information content (AvgIpc) is 2.68. The van der Waals surface area contributed by atoms with Gasteiger partial charge in [0.2, 0.25) is 5.91 Å². The van der Waals surface area contributed by atoms with Gasteiger partial charge in [-0.05, 0) is 24.3 Å². The maximum Gasteiger partial charge on any atom is 0.235 e. The first-order valence-electron chi connectivity index (χ1n) is 4.94. The predicted molar refractivity (Wildman–Crippen MR) is 58.8 cm³/mol. The Bertz CT molecular complexity index is 521. The van der Waals surface area contributed by atoms with Gasteiger partial charge in [0.05, 0.1) is 0 Å². The fourth-order valence-electron chi connectivity index (χ4n) is 1.66. The number of aryl methyl sites for hydroxylation is 1. The first-order chi connectivity index (χ1) is 7.70. The molecule has 5 heteroatoms. The molecule has 1 heterocycles. The van der Waals surface area contributed by atoms with E-state index in [0.717, 1.165) is 10.9 Å². The second-order valence-corrected chi connectivity index (χ2v) is 3.53. The van der Waals surface area contributed by atoms with Crippen LogP contribution in [0.25, 0.3) is 10.9 Å². The standard InChI is InChI=1S/C11H12FN3O/c12-9-1-2-10-8(7-9)3-5-15(10)6-4-11(16)14-13/h1-3,5,7H,4,6,13H2,(H,14,16). The molecule has 0 aliphatic rings. The van der Waals surface area contributed by atoms with Crippen LogP contribution in [0.5, 0.6) is 0 Å². The van der Waals surface area contributed by atoms with Crippen molar-refractivity contribution in [2.24, 2.45) is 5.84 Å². The summed E-state index contributed by atoms with van der Waals surface area (Å²) in [5.41, 5.74) is 2.98. The molecule has 2 rings (SSSR count). The first kappa shape index (κ1) is 10.6. The summed E-state index contributed by atoms with van der Waals surface area (Å²) in [5, 5.41) is 0.827. The van der Waals surface area contributed by atoms with Crippen LogP contribution >= 0.6 is 0 Å². The zero-order valence-electron chi connectivity index (χ0n) is 8.61. The van der Waals surface area contributed by atoms with Gasteiger partial charge in [-0.1, -0.05) is 0 Å². The molecule has 0 radical (unpaired) electrons. The van der Waals surface area contributed by atoms with Crippen LogP contribution in [0.1, 0.15) is 6.42 Å². The van der Waals surface area contributed by atoms with Crippen molar-refractivity contribution in [1.29, 1.82) is 0 Å². The lowest BCUT2D eigenvalue weighted by atomic mass is 10.2. The minimum atomic E-state index is -0.259. The largest absolute Gasteiger partial charge is 0.347 e. The molecule has 1 amide bonds. The summed E-state index contributed by atoms with van der Waals surface area (Å²) in [6.07, 6.45) is 2.13. The van der Waals surface area contributed by atoms with Crippen LogP contribution in [0.2, 0.25) is 0 Å². The quantitative estimate of drug-likeness (QED) is 0.464. The van der Waals surface area contributed by atoms with Crippen molar-refractivity contribution in [3.8, 4) is 0 Å². The Hall–Kier alpha value is -1.88. The lowest BCUT2D eigenvalue weighted by Gasteiger charge is -2.04. The van der Waals surface area contributed by atoms with Gasteiger partial charge in [-0.3, -0.25) is 10.2 Å². The van der Waals surface area contributed by atoms with Gasteiger partial charge in [0.25, 0.3) is 0 Å². The Morgan fingerprint density at radius 1 is 1.44 bits per heavy atom. The van der Waals surface area contributed by atoms with Crippen LogP contribution in [0, 0.1) is 5.82 Å². The normalized spacial score (nSPS) is 10.6. The fraction of sp³-hybridized carbons (Fsp3) is 0.182. The van der Waals surface area contributed by atoms with E-state index in [4.69, 9.17) is 5.84 Å². The zero-order chi connectivity index (χ0) is 11.5. The molecule has 2 aromatic rings. The first-order valence-corrected chi connectivity index (χ1v) is 4.94. The second kappa shape index (κ2) is 4.32. The lowest BCUT2D eigenvalue weighted by Crippen LogP contribution is -2.30. The molecule has 0 saturated heterocycles. The zero-order valence-corrected chi connectivity index (χ0v) is 8.61. The molecule has 0 atom stereocenters. The molecule has 16 heavy (non-hydrogen) atoms. The summed E-state index contributed by atoms with van der Waals surface area (Å²) in [5.74, 6) is 4.51. The van der Waals surface area contributed by atoms with Crippen molar-refractivity contribution >= 4 is 16.8 Å². The Morgan fingerprint density at radius 3 is 3.00 bits per heavy atom. The fourth-order valence-corrected chi connectivity index (χ4v) is 1.66. The Morgan fingerprint density at radius 2 is 2.25 bits per heavy atom. The van der Waals surface area contributed by atoms with Gasteiger partial charge in [-0.25, -0.2) is 10.2 Å². The van der Waals surface area contributed by atoms with E-state index in [1.807, 2.05) is 16.8 Å². The molecule has 0 unspecified atom stereocenters. The van der Waals surface area contributed by atoms with Gasteiger partial charge < -0.3 is 4.57 Å². The molecule has 4 nitrogen and oxygen atoms in total. The van der Waals surface area contributed by atoms with Gasteiger partial charge in [-0.15, -0.1) is 0 Å². The number of nitrogens with two attached hydrogens (primary N) is 1. The highest BCUT2D eigenvalue weighted by atomic mass is 19.1. The molecule has 0 spiro atoms. The van der Waals surface area contributed by atoms with E-state index in [1.54, 1.807) is 6.07 Å². The number of aromatic nitrogens is 1. The molecule has 84 valence electrons. The van der Waals surface area contributed by atoms with Gasteiger partial charge in [0.1, 0.15) is 5.82 Å². The number of halogens is 1. The molecule has 0 bridgehead atoms. The van der Waals surface area contributed by atoms with E-state index in [1.165, 1.54) is 12.1 Å². The van der Waals surface area contributed by atoms with E-state index in [-0.39, 0.29) is 11.7 Å². The van der Waals surface area contributed by atoms with Gasteiger partial charge in [-0.2, -0.15) is 0 Å². The maximum atomic E-state index is 12.9. The second-order valence-electron chi connectivity index (χ2n) is 3.53. The van der Waals surface area contributed by atoms with Crippen LogP contribution in [-0.4, -0.2) is 10.5 Å². The maximum absolute atomic E-state index is 12.9. The van der Waals surface area contributed by atoms with Crippen LogP contribution in [0.4, 0.5) is 4.39 Å². The highest BCUT2D eigenvalue weighted by Crippen LogP contribution is 2.17. The van der Waals surface area contributed by atoms with Crippen LogP contribution < -0.4 is 11.3 Å². The number of fused-ring (bicyclic) bond motifs is 1. The highest BCUT2D eigenvalue weighted by Gasteiger charge is 2.04. The summed E-state index contributed by atoms with van der Waals surface area (Å²) in [7, 11) is 0. The molecular weight excluding hydrogens is 209 g/mol. The summed E-state index contributed by atoms with van der Waals surface area (Å²) in [4.78, 5) is 11.0. The van der Waals surface area contributed by atoms with Crippen LogP contribution in [0.3, 0.4) is 0 Å². The van der Waals surface area contributed by atoms with Gasteiger partial charge >= 0.3 is 0 Å². The number of amides is 1. The lowest BCUT2D eigenvalue weighted by molar-refractivity contribution is -0.121. The van der Waals surface area contributed by atoms with E-state index < -0.39 is 0 Å². The van der Waals surface area contributed by atoms with Gasteiger partial charge in [0.15, 0.2) is 0 Å². The highest BCUT2D eigenvalue weighted by molar-refractivity contribution is 5.80. The van der Waals surface area contributed by atoms with Crippen LogP contribution in [-0.2, 0) is 11.3 Å². The summed E-state index contributed by atoms with van der Waals surface area (Å²) in [6, 6.07) is 6.39. The molecule has 3 N–H and O–H groups in total. The van der Waals surface area contributed by atoms with E-state index >= 15 is 0 Å². The SMILES string of the molecule is NNC(=O)CCn1ccc2cc(F)ccc21. The molecule has 0 aliphatic carbocycles. The summed E-state index contributed by atoms with van der Waals surface area (Å²) < 4.78 is 14.8. The third-order valence-corrected chi connectivity index (χ3v) is 2.47. The number of hydrazine groups is 1. The van der Waals surface area contributed by atoms with Crippen LogP contribution in [0.15, 0.2) is 30.5 Å². The number of nitrogens with zero attached hydrogens (tertiary/aromatic N) is 1. The molecule has 1 aromatic carbocycles. The summed E-state index contributed by atoms with van der Waals surface area (Å²) >= 11 is 0. The van der Waals surface area contributed by atoms with Crippen molar-refractivity contribution in [2.75, 3.05) is 0 Å². The van der Waals surface area contributed by atoms with Crippen molar-refractivity contribution in [1.82, 2.24) is 9.99 Å². The smallest absolute Gasteiger partial charge is 0.235 e. The van der Waals surface area contributed by atoms with E-state index in [9.17, 15) is 9.18 Å². The molecular formula is C11H12FN3O. The Balaban J connectivity index is 2.22. The third-order valence-electron chi connectivity index (χ3n) is 2.47. The number of hydrogen-bond donors (Lipinski definition) is 2. The van der Waals surface area contributed by atoms with Gasteiger partial charge in [0, 0.05) is 30.1 Å². The predicted octanol–water partition coefficient (Wildman–Crippen LogP) is 1.16. The Labute approximate surface area is 91.8 Å². The van der Waals surface area contributed by atoms with Crippen molar-refractivity contribution < 1.29 is 9.18 Å². The van der Waals surface area contributed by atoms with E-state index in [2.05, 4.69) is 5.43 Å². The monoisotopic (exact) mass is 221 g/mol. The number of hydrogen-bond acceptors (Lipinski definition) is 2. The van der Waals surface area contributed by atoms with Crippen molar-refractivity contribution in [3.63, 3.8) is 0 Å². The van der Waals surface area contributed by atoms with Crippen molar-refractivity contribution in [3.05, 3.63) is 36.3 Å². The number of benzene rings is 1. The molecule has 0 fully saturated rings. The summed E-state index contributed by atoms with van der Waals surface area (Å²) in [6.45, 7) is 0.526. The molecule has 0 aliphatic heterocycles. The molecule has 0 saturated carbocycles. The third kappa shape index (κ3) is 2.04. The average molecular weight is 221 g/mol. The minimum absolute atomic E-state index is 0.219.